The molecule has 0 fully saturated rings. The van der Waals surface area contributed by atoms with Gasteiger partial charge in [0.2, 0.25) is 0 Å². The molecule has 0 aromatic heterocycles. The second-order valence-electron chi connectivity index (χ2n) is 4.77. The van der Waals surface area contributed by atoms with E-state index in [0.29, 0.717) is 11.3 Å². The SMILES string of the molecule is Cc1cc(Br)ccc1NS(=O)(=O)c1ccc(C)c([N+](=O)[O-])c1. The van der Waals surface area contributed by atoms with E-state index in [9.17, 15) is 18.5 Å². The Kier molecular flexibility index (Phi) is 4.52. The van der Waals surface area contributed by atoms with Gasteiger partial charge in [0, 0.05) is 16.1 Å². The van der Waals surface area contributed by atoms with E-state index in [2.05, 4.69) is 20.7 Å². The fraction of sp³-hybridized carbons (Fsp3) is 0.143. The van der Waals surface area contributed by atoms with E-state index < -0.39 is 14.9 Å². The number of nitro groups is 1. The monoisotopic (exact) mass is 384 g/mol. The fourth-order valence-corrected chi connectivity index (χ4v) is 3.52. The number of hydrogen-bond acceptors (Lipinski definition) is 4. The van der Waals surface area contributed by atoms with Crippen molar-refractivity contribution in [2.75, 3.05) is 4.72 Å². The molecule has 2 rings (SSSR count). The summed E-state index contributed by atoms with van der Waals surface area (Å²) in [6, 6.07) is 8.93. The Morgan fingerprint density at radius 3 is 2.36 bits per heavy atom. The van der Waals surface area contributed by atoms with Gasteiger partial charge in [0.05, 0.1) is 15.5 Å². The lowest BCUT2D eigenvalue weighted by molar-refractivity contribution is -0.385. The Labute approximate surface area is 136 Å². The zero-order valence-corrected chi connectivity index (χ0v) is 14.2. The van der Waals surface area contributed by atoms with Gasteiger partial charge in [0.15, 0.2) is 0 Å². The van der Waals surface area contributed by atoms with Crippen molar-refractivity contribution in [3.05, 3.63) is 62.1 Å². The summed E-state index contributed by atoms with van der Waals surface area (Å²) < 4.78 is 28.0. The highest BCUT2D eigenvalue weighted by atomic mass is 79.9. The van der Waals surface area contributed by atoms with Crippen LogP contribution in [0.3, 0.4) is 0 Å². The lowest BCUT2D eigenvalue weighted by atomic mass is 10.2. The Balaban J connectivity index is 2.42. The van der Waals surface area contributed by atoms with Gasteiger partial charge < -0.3 is 0 Å². The number of rotatable bonds is 4. The van der Waals surface area contributed by atoms with Crippen LogP contribution in [0.4, 0.5) is 11.4 Å². The standard InChI is InChI=1S/C14H13BrN2O4S/c1-9-3-5-12(8-14(9)17(18)19)22(20,21)16-13-6-4-11(15)7-10(13)2/h3-8,16H,1-2H3. The molecule has 0 saturated heterocycles. The predicted molar refractivity (Wildman–Crippen MR) is 87.5 cm³/mol. The second-order valence-corrected chi connectivity index (χ2v) is 7.37. The molecule has 0 spiro atoms. The van der Waals surface area contributed by atoms with Crippen molar-refractivity contribution in [1.29, 1.82) is 0 Å². The molecule has 0 amide bonds. The van der Waals surface area contributed by atoms with E-state index in [4.69, 9.17) is 0 Å². The summed E-state index contributed by atoms with van der Waals surface area (Å²) in [6.07, 6.45) is 0. The van der Waals surface area contributed by atoms with Crippen LogP contribution in [0.15, 0.2) is 45.8 Å². The minimum absolute atomic E-state index is 0.146. The first-order valence-electron chi connectivity index (χ1n) is 6.25. The molecule has 0 radical (unpaired) electrons. The minimum Gasteiger partial charge on any atom is -0.279 e. The first-order chi connectivity index (χ1) is 10.2. The van der Waals surface area contributed by atoms with Crippen LogP contribution in [0.25, 0.3) is 0 Å². The third kappa shape index (κ3) is 3.45. The highest BCUT2D eigenvalue weighted by molar-refractivity contribution is 9.10. The van der Waals surface area contributed by atoms with Crippen LogP contribution in [0, 0.1) is 24.0 Å². The van der Waals surface area contributed by atoms with Crippen LogP contribution in [0.5, 0.6) is 0 Å². The topological polar surface area (TPSA) is 89.3 Å². The van der Waals surface area contributed by atoms with Crippen molar-refractivity contribution in [3.8, 4) is 0 Å². The lowest BCUT2D eigenvalue weighted by Gasteiger charge is -2.11. The molecule has 6 nitrogen and oxygen atoms in total. The van der Waals surface area contributed by atoms with Crippen molar-refractivity contribution >= 4 is 37.3 Å². The quantitative estimate of drug-likeness (QED) is 0.641. The van der Waals surface area contributed by atoms with Crippen LogP contribution in [0.2, 0.25) is 0 Å². The van der Waals surface area contributed by atoms with Crippen LogP contribution < -0.4 is 4.72 Å². The summed E-state index contributed by atoms with van der Waals surface area (Å²) in [6.45, 7) is 3.32. The summed E-state index contributed by atoms with van der Waals surface area (Å²) in [5, 5.41) is 10.9. The molecule has 0 aliphatic carbocycles. The van der Waals surface area contributed by atoms with E-state index >= 15 is 0 Å². The molecule has 116 valence electrons. The highest BCUT2D eigenvalue weighted by Gasteiger charge is 2.20. The van der Waals surface area contributed by atoms with Gasteiger partial charge >= 0.3 is 0 Å². The zero-order chi connectivity index (χ0) is 16.5. The number of anilines is 1. The number of nitrogens with zero attached hydrogens (tertiary/aromatic N) is 1. The Bertz CT molecular complexity index is 850. The molecule has 2 aromatic carbocycles. The first kappa shape index (κ1) is 16.4. The number of nitro benzene ring substituents is 1. The van der Waals surface area contributed by atoms with Crippen LogP contribution in [-0.4, -0.2) is 13.3 Å². The maximum absolute atomic E-state index is 12.4. The van der Waals surface area contributed by atoms with Crippen molar-refractivity contribution in [1.82, 2.24) is 0 Å². The van der Waals surface area contributed by atoms with Crippen LogP contribution in [0.1, 0.15) is 11.1 Å². The van der Waals surface area contributed by atoms with Gasteiger partial charge in [0.1, 0.15) is 0 Å². The molecule has 22 heavy (non-hydrogen) atoms. The van der Waals surface area contributed by atoms with E-state index in [1.165, 1.54) is 12.1 Å². The number of benzene rings is 2. The molecular formula is C14H13BrN2O4S. The van der Waals surface area contributed by atoms with E-state index in [1.54, 1.807) is 32.0 Å². The van der Waals surface area contributed by atoms with Gasteiger partial charge in [-0.25, -0.2) is 8.42 Å². The molecule has 0 atom stereocenters. The number of halogens is 1. The van der Waals surface area contributed by atoms with E-state index in [0.717, 1.165) is 16.1 Å². The normalized spacial score (nSPS) is 11.2. The smallest absolute Gasteiger partial charge is 0.273 e. The van der Waals surface area contributed by atoms with Gasteiger partial charge in [0.25, 0.3) is 15.7 Å². The average molecular weight is 385 g/mol. The van der Waals surface area contributed by atoms with Gasteiger partial charge in [-0.3, -0.25) is 14.8 Å². The largest absolute Gasteiger partial charge is 0.279 e. The molecule has 0 aliphatic heterocycles. The van der Waals surface area contributed by atoms with Crippen LogP contribution in [-0.2, 0) is 10.0 Å². The molecule has 0 heterocycles. The molecule has 2 aromatic rings. The van der Waals surface area contributed by atoms with Gasteiger partial charge in [-0.1, -0.05) is 22.0 Å². The van der Waals surface area contributed by atoms with Crippen molar-refractivity contribution < 1.29 is 13.3 Å². The summed E-state index contributed by atoms with van der Waals surface area (Å²) in [7, 11) is -3.89. The summed E-state index contributed by atoms with van der Waals surface area (Å²) in [5.41, 5.74) is 1.34. The molecule has 0 aliphatic rings. The Morgan fingerprint density at radius 1 is 1.09 bits per heavy atom. The van der Waals surface area contributed by atoms with Gasteiger partial charge in [-0.05, 0) is 43.7 Å². The van der Waals surface area contributed by atoms with E-state index in [1.807, 2.05) is 0 Å². The zero-order valence-electron chi connectivity index (χ0n) is 11.8. The molecule has 0 unspecified atom stereocenters. The van der Waals surface area contributed by atoms with Gasteiger partial charge in [-0.2, -0.15) is 0 Å². The van der Waals surface area contributed by atoms with Crippen molar-refractivity contribution in [2.45, 2.75) is 18.7 Å². The summed E-state index contributed by atoms with van der Waals surface area (Å²) in [5.74, 6) is 0. The molecule has 0 bridgehead atoms. The summed E-state index contributed by atoms with van der Waals surface area (Å²) >= 11 is 3.30. The minimum atomic E-state index is -3.89. The number of nitrogens with one attached hydrogen (secondary N) is 1. The number of hydrogen-bond donors (Lipinski definition) is 1. The predicted octanol–water partition coefficient (Wildman–Crippen LogP) is 3.77. The van der Waals surface area contributed by atoms with Crippen LogP contribution >= 0.6 is 15.9 Å². The molecule has 0 saturated carbocycles. The fourth-order valence-electron chi connectivity index (χ4n) is 1.90. The first-order valence-corrected chi connectivity index (χ1v) is 8.52. The van der Waals surface area contributed by atoms with Crippen molar-refractivity contribution in [2.24, 2.45) is 0 Å². The third-order valence-electron chi connectivity index (χ3n) is 3.12. The Morgan fingerprint density at radius 2 is 1.77 bits per heavy atom. The number of aryl methyl sites for hydroxylation is 2. The Hall–Kier alpha value is -1.93. The lowest BCUT2D eigenvalue weighted by Crippen LogP contribution is -2.14. The third-order valence-corrected chi connectivity index (χ3v) is 4.98. The highest BCUT2D eigenvalue weighted by Crippen LogP contribution is 2.26. The molecular weight excluding hydrogens is 372 g/mol. The maximum atomic E-state index is 12.4. The average Bonchev–Trinajstić information content (AvgIpc) is 2.42. The molecule has 1 N–H and O–H groups in total. The van der Waals surface area contributed by atoms with Crippen molar-refractivity contribution in [3.63, 3.8) is 0 Å². The number of sulfonamides is 1. The summed E-state index contributed by atoms with van der Waals surface area (Å²) in [4.78, 5) is 10.2. The second kappa shape index (κ2) is 6.05. The van der Waals surface area contributed by atoms with E-state index in [-0.39, 0.29) is 10.6 Å². The molecule has 8 heteroatoms. The van der Waals surface area contributed by atoms with Gasteiger partial charge in [-0.15, -0.1) is 0 Å². The maximum Gasteiger partial charge on any atom is 0.273 e.